The van der Waals surface area contributed by atoms with Crippen molar-refractivity contribution in [2.75, 3.05) is 6.54 Å². The van der Waals surface area contributed by atoms with Gasteiger partial charge in [-0.3, -0.25) is 0 Å². The average molecular weight is 242 g/mol. The third-order valence-electron chi connectivity index (χ3n) is 3.65. The molecular weight excluding hydrogens is 220 g/mol. The van der Waals surface area contributed by atoms with E-state index < -0.39 is 0 Å². The van der Waals surface area contributed by atoms with Crippen LogP contribution in [0.25, 0.3) is 0 Å². The third-order valence-corrected chi connectivity index (χ3v) is 3.65. The summed E-state index contributed by atoms with van der Waals surface area (Å²) in [5.74, 6) is 2.77. The van der Waals surface area contributed by atoms with Crippen molar-refractivity contribution in [3.05, 3.63) is 35.4 Å². The first-order chi connectivity index (χ1) is 8.85. The van der Waals surface area contributed by atoms with E-state index in [1.54, 1.807) is 0 Å². The molecule has 18 heavy (non-hydrogen) atoms. The summed E-state index contributed by atoms with van der Waals surface area (Å²) in [6.45, 7) is 4.22. The van der Waals surface area contributed by atoms with Gasteiger partial charge in [0.15, 0.2) is 0 Å². The molecule has 0 spiro atoms. The molecule has 0 saturated heterocycles. The first kappa shape index (κ1) is 13.1. The van der Waals surface area contributed by atoms with Crippen molar-refractivity contribution >= 4 is 0 Å². The molecule has 0 amide bonds. The van der Waals surface area contributed by atoms with Crippen molar-refractivity contribution in [1.29, 1.82) is 0 Å². The Kier molecular flexibility index (Phi) is 4.81. The zero-order valence-corrected chi connectivity index (χ0v) is 11.1. The van der Waals surface area contributed by atoms with Crippen LogP contribution in [0.5, 0.6) is 0 Å². The quantitative estimate of drug-likeness (QED) is 0.793. The van der Waals surface area contributed by atoms with Crippen molar-refractivity contribution < 1.29 is 0 Å². The van der Waals surface area contributed by atoms with Gasteiger partial charge in [0.2, 0.25) is 0 Å². The minimum absolute atomic E-state index is 0.422. The predicted molar refractivity (Wildman–Crippen MR) is 76.2 cm³/mol. The Morgan fingerprint density at radius 2 is 2.33 bits per heavy atom. The topological polar surface area (TPSA) is 24.1 Å². The Hall–Kier alpha value is -1.30. The molecule has 1 aromatic rings. The number of hydrogen-bond acceptors (Lipinski definition) is 2. The van der Waals surface area contributed by atoms with Crippen molar-refractivity contribution in [2.45, 2.75) is 44.8 Å². The fourth-order valence-corrected chi connectivity index (χ4v) is 2.58. The van der Waals surface area contributed by atoms with E-state index in [0.29, 0.717) is 12.1 Å². The fourth-order valence-electron chi connectivity index (χ4n) is 2.58. The molecule has 1 aliphatic heterocycles. The first-order valence-electron chi connectivity index (χ1n) is 6.83. The lowest BCUT2D eigenvalue weighted by Crippen LogP contribution is -2.33. The minimum atomic E-state index is 0.422. The lowest BCUT2D eigenvalue weighted by molar-refractivity contribution is 0.411. The molecule has 0 fully saturated rings. The molecule has 0 radical (unpaired) electrons. The standard InChI is InChI=1S/C16H22N2/c1-3-7-14(4-2)18-16-10-11-17-12-13-8-5-6-9-15(13)16/h1,5-6,8-9,14,16-18H,4,7,10-12H2,2H3. The SMILES string of the molecule is C#CCC(CC)NC1CCNCc2ccccc21. The molecule has 2 rings (SSSR count). The summed E-state index contributed by atoms with van der Waals surface area (Å²) in [5, 5.41) is 7.20. The van der Waals surface area contributed by atoms with E-state index in [4.69, 9.17) is 6.42 Å². The second-order valence-electron chi connectivity index (χ2n) is 4.90. The summed E-state index contributed by atoms with van der Waals surface area (Å²) in [6, 6.07) is 9.54. The summed E-state index contributed by atoms with van der Waals surface area (Å²) < 4.78 is 0. The molecule has 0 aromatic heterocycles. The molecule has 2 unspecified atom stereocenters. The second kappa shape index (κ2) is 6.58. The Bertz CT molecular complexity index is 419. The molecule has 2 heteroatoms. The first-order valence-corrected chi connectivity index (χ1v) is 6.83. The fraction of sp³-hybridized carbons (Fsp3) is 0.500. The Labute approximate surface area is 110 Å². The Morgan fingerprint density at radius 1 is 1.50 bits per heavy atom. The highest BCUT2D eigenvalue weighted by Gasteiger charge is 2.19. The van der Waals surface area contributed by atoms with E-state index in [9.17, 15) is 0 Å². The molecule has 0 aliphatic carbocycles. The minimum Gasteiger partial charge on any atom is -0.313 e. The van der Waals surface area contributed by atoms with Crippen LogP contribution in [0.1, 0.15) is 43.4 Å². The summed E-state index contributed by atoms with van der Waals surface area (Å²) in [5.41, 5.74) is 2.83. The highest BCUT2D eigenvalue weighted by atomic mass is 15.0. The van der Waals surface area contributed by atoms with Gasteiger partial charge in [-0.15, -0.1) is 12.3 Å². The molecule has 2 N–H and O–H groups in total. The summed E-state index contributed by atoms with van der Waals surface area (Å²) >= 11 is 0. The summed E-state index contributed by atoms with van der Waals surface area (Å²) in [4.78, 5) is 0. The molecule has 0 bridgehead atoms. The van der Waals surface area contributed by atoms with E-state index in [0.717, 1.165) is 32.4 Å². The molecule has 96 valence electrons. The van der Waals surface area contributed by atoms with Gasteiger partial charge in [0.25, 0.3) is 0 Å². The number of terminal acetylenes is 1. The molecule has 1 heterocycles. The lowest BCUT2D eigenvalue weighted by atomic mass is 9.97. The largest absolute Gasteiger partial charge is 0.313 e. The third kappa shape index (κ3) is 3.13. The molecule has 2 nitrogen and oxygen atoms in total. The van der Waals surface area contributed by atoms with Crippen LogP contribution in [-0.4, -0.2) is 12.6 Å². The van der Waals surface area contributed by atoms with Crippen LogP contribution in [-0.2, 0) is 6.54 Å². The van der Waals surface area contributed by atoms with Crippen molar-refractivity contribution in [3.8, 4) is 12.3 Å². The van der Waals surface area contributed by atoms with Crippen molar-refractivity contribution in [2.24, 2.45) is 0 Å². The summed E-state index contributed by atoms with van der Waals surface area (Å²) in [6.07, 6.45) is 8.44. The predicted octanol–water partition coefficient (Wildman–Crippen LogP) is 2.61. The van der Waals surface area contributed by atoms with E-state index in [1.807, 2.05) is 0 Å². The van der Waals surface area contributed by atoms with Crippen LogP contribution >= 0.6 is 0 Å². The number of nitrogens with one attached hydrogen (secondary N) is 2. The van der Waals surface area contributed by atoms with E-state index in [1.165, 1.54) is 11.1 Å². The maximum Gasteiger partial charge on any atom is 0.0338 e. The number of rotatable bonds is 4. The molecule has 1 aliphatic rings. The number of benzene rings is 1. The maximum absolute atomic E-state index is 5.43. The van der Waals surface area contributed by atoms with Crippen LogP contribution in [0.2, 0.25) is 0 Å². The average Bonchev–Trinajstić information content (AvgIpc) is 2.61. The smallest absolute Gasteiger partial charge is 0.0338 e. The van der Waals surface area contributed by atoms with Gasteiger partial charge >= 0.3 is 0 Å². The van der Waals surface area contributed by atoms with Gasteiger partial charge in [0.05, 0.1) is 0 Å². The van der Waals surface area contributed by atoms with Crippen LogP contribution < -0.4 is 10.6 Å². The van der Waals surface area contributed by atoms with Crippen LogP contribution in [0.15, 0.2) is 24.3 Å². The highest BCUT2D eigenvalue weighted by Crippen LogP contribution is 2.24. The lowest BCUT2D eigenvalue weighted by Gasteiger charge is -2.24. The van der Waals surface area contributed by atoms with Gasteiger partial charge < -0.3 is 10.6 Å². The van der Waals surface area contributed by atoms with Crippen molar-refractivity contribution in [3.63, 3.8) is 0 Å². The van der Waals surface area contributed by atoms with E-state index in [-0.39, 0.29) is 0 Å². The Balaban J connectivity index is 2.15. The van der Waals surface area contributed by atoms with Gasteiger partial charge in [0, 0.05) is 25.0 Å². The van der Waals surface area contributed by atoms with Gasteiger partial charge in [-0.2, -0.15) is 0 Å². The number of fused-ring (bicyclic) bond motifs is 1. The van der Waals surface area contributed by atoms with Crippen LogP contribution in [0.3, 0.4) is 0 Å². The second-order valence-corrected chi connectivity index (χ2v) is 4.90. The normalized spacial score (nSPS) is 20.6. The van der Waals surface area contributed by atoms with Crippen molar-refractivity contribution in [1.82, 2.24) is 10.6 Å². The highest BCUT2D eigenvalue weighted by molar-refractivity contribution is 5.31. The van der Waals surface area contributed by atoms with E-state index >= 15 is 0 Å². The monoisotopic (exact) mass is 242 g/mol. The molecule has 2 atom stereocenters. The van der Waals surface area contributed by atoms with Gasteiger partial charge in [-0.05, 0) is 30.5 Å². The Morgan fingerprint density at radius 3 is 3.11 bits per heavy atom. The summed E-state index contributed by atoms with van der Waals surface area (Å²) in [7, 11) is 0. The van der Waals surface area contributed by atoms with Gasteiger partial charge in [0.1, 0.15) is 0 Å². The number of hydrogen-bond donors (Lipinski definition) is 2. The van der Waals surface area contributed by atoms with Gasteiger partial charge in [-0.1, -0.05) is 31.2 Å². The molecule has 1 aromatic carbocycles. The van der Waals surface area contributed by atoms with Crippen LogP contribution in [0, 0.1) is 12.3 Å². The maximum atomic E-state index is 5.43. The zero-order valence-electron chi connectivity index (χ0n) is 11.1. The zero-order chi connectivity index (χ0) is 12.8. The molecule has 0 saturated carbocycles. The molecular formula is C16H22N2. The van der Waals surface area contributed by atoms with Crippen LogP contribution in [0.4, 0.5) is 0 Å². The van der Waals surface area contributed by atoms with E-state index in [2.05, 4.69) is 47.7 Å². The van der Waals surface area contributed by atoms with Gasteiger partial charge in [-0.25, -0.2) is 0 Å².